The van der Waals surface area contributed by atoms with Crippen molar-refractivity contribution in [2.24, 2.45) is 0 Å². The SMILES string of the molecule is Oc1c(-c2ccccc2)c[nH]c1-c1ncc(-c2ccc(Cl)cc2)[nH]1. The van der Waals surface area contributed by atoms with Crippen molar-refractivity contribution in [3.8, 4) is 39.7 Å². The van der Waals surface area contributed by atoms with E-state index in [1.165, 1.54) is 0 Å². The first-order valence-electron chi connectivity index (χ1n) is 7.49. The standard InChI is InChI=1S/C19H14ClN3O/c20-14-8-6-13(7-9-14)16-11-22-19(23-16)17-18(24)15(10-21-17)12-4-2-1-3-5-12/h1-11,21,24H,(H,22,23). The number of rotatable bonds is 3. The second-order valence-electron chi connectivity index (χ2n) is 5.44. The Balaban J connectivity index is 1.71. The molecule has 4 rings (SSSR count). The molecule has 4 aromatic rings. The van der Waals surface area contributed by atoms with Crippen molar-refractivity contribution < 1.29 is 5.11 Å². The maximum atomic E-state index is 10.5. The molecule has 2 aromatic heterocycles. The fourth-order valence-electron chi connectivity index (χ4n) is 2.66. The molecule has 2 heterocycles. The molecule has 0 saturated carbocycles. The topological polar surface area (TPSA) is 64.7 Å². The first kappa shape index (κ1) is 14.6. The molecule has 2 aromatic carbocycles. The molecule has 3 N–H and O–H groups in total. The molecule has 0 saturated heterocycles. The van der Waals surface area contributed by atoms with Crippen LogP contribution in [0, 0.1) is 0 Å². The van der Waals surface area contributed by atoms with Crippen molar-refractivity contribution in [1.82, 2.24) is 15.0 Å². The van der Waals surface area contributed by atoms with Gasteiger partial charge in [0.05, 0.1) is 11.9 Å². The number of imidazole rings is 1. The minimum absolute atomic E-state index is 0.179. The summed E-state index contributed by atoms with van der Waals surface area (Å²) in [5, 5.41) is 11.2. The number of hydrogen-bond acceptors (Lipinski definition) is 2. The largest absolute Gasteiger partial charge is 0.505 e. The Morgan fingerprint density at radius 2 is 1.67 bits per heavy atom. The Hall–Kier alpha value is -2.98. The van der Waals surface area contributed by atoms with Crippen LogP contribution < -0.4 is 0 Å². The van der Waals surface area contributed by atoms with Gasteiger partial charge in [-0.2, -0.15) is 0 Å². The van der Waals surface area contributed by atoms with E-state index in [4.69, 9.17) is 11.6 Å². The third-order valence-electron chi connectivity index (χ3n) is 3.91. The highest BCUT2D eigenvalue weighted by Gasteiger charge is 2.16. The zero-order valence-corrected chi connectivity index (χ0v) is 13.4. The van der Waals surface area contributed by atoms with Crippen LogP contribution in [0.25, 0.3) is 33.9 Å². The number of halogens is 1. The lowest BCUT2D eigenvalue weighted by molar-refractivity contribution is 0.479. The number of aromatic nitrogens is 3. The molecule has 0 aliphatic rings. The highest BCUT2D eigenvalue weighted by atomic mass is 35.5. The summed E-state index contributed by atoms with van der Waals surface area (Å²) in [5.41, 5.74) is 4.09. The third-order valence-corrected chi connectivity index (χ3v) is 4.16. The molecular weight excluding hydrogens is 322 g/mol. The van der Waals surface area contributed by atoms with Gasteiger partial charge in [-0.25, -0.2) is 4.98 Å². The molecule has 0 unspecified atom stereocenters. The van der Waals surface area contributed by atoms with E-state index >= 15 is 0 Å². The number of aromatic amines is 2. The average molecular weight is 336 g/mol. The Bertz CT molecular complexity index is 972. The van der Waals surface area contributed by atoms with Crippen LogP contribution in [0.4, 0.5) is 0 Å². The lowest BCUT2D eigenvalue weighted by Gasteiger charge is -2.00. The number of benzene rings is 2. The highest BCUT2D eigenvalue weighted by Crippen LogP contribution is 2.37. The first-order chi connectivity index (χ1) is 11.7. The summed E-state index contributed by atoms with van der Waals surface area (Å²) in [5.74, 6) is 0.762. The van der Waals surface area contributed by atoms with Gasteiger partial charge in [0, 0.05) is 16.8 Å². The van der Waals surface area contributed by atoms with Crippen molar-refractivity contribution in [3.63, 3.8) is 0 Å². The van der Waals surface area contributed by atoms with Gasteiger partial charge in [-0.3, -0.25) is 0 Å². The molecule has 0 spiro atoms. The smallest absolute Gasteiger partial charge is 0.158 e. The zero-order valence-electron chi connectivity index (χ0n) is 12.6. The zero-order chi connectivity index (χ0) is 16.5. The van der Waals surface area contributed by atoms with Gasteiger partial charge in [-0.1, -0.05) is 54.1 Å². The molecule has 0 atom stereocenters. The van der Waals surface area contributed by atoms with E-state index in [0.717, 1.165) is 22.4 Å². The van der Waals surface area contributed by atoms with E-state index in [2.05, 4.69) is 15.0 Å². The average Bonchev–Trinajstić information content (AvgIpc) is 3.23. The fraction of sp³-hybridized carbons (Fsp3) is 0. The summed E-state index contributed by atoms with van der Waals surface area (Å²) in [4.78, 5) is 10.7. The van der Waals surface area contributed by atoms with E-state index < -0.39 is 0 Å². The molecule has 0 aliphatic heterocycles. The van der Waals surface area contributed by atoms with Crippen LogP contribution >= 0.6 is 11.6 Å². The molecule has 5 heteroatoms. The quantitative estimate of drug-likeness (QED) is 0.488. The van der Waals surface area contributed by atoms with Gasteiger partial charge in [-0.05, 0) is 23.3 Å². The molecule has 118 valence electrons. The monoisotopic (exact) mass is 335 g/mol. The third kappa shape index (κ3) is 2.57. The van der Waals surface area contributed by atoms with Crippen LogP contribution in [0.3, 0.4) is 0 Å². The molecule has 0 amide bonds. The normalized spacial score (nSPS) is 10.9. The Morgan fingerprint density at radius 1 is 0.917 bits per heavy atom. The molecule has 4 nitrogen and oxygen atoms in total. The van der Waals surface area contributed by atoms with E-state index in [9.17, 15) is 5.11 Å². The maximum Gasteiger partial charge on any atom is 0.158 e. The highest BCUT2D eigenvalue weighted by molar-refractivity contribution is 6.30. The predicted octanol–water partition coefficient (Wildman–Crippen LogP) is 5.10. The Labute approximate surface area is 143 Å². The van der Waals surface area contributed by atoms with Gasteiger partial charge in [0.15, 0.2) is 11.6 Å². The van der Waals surface area contributed by atoms with Crippen LogP contribution in [0.5, 0.6) is 5.75 Å². The van der Waals surface area contributed by atoms with Gasteiger partial charge < -0.3 is 15.1 Å². The number of hydrogen-bond donors (Lipinski definition) is 3. The van der Waals surface area contributed by atoms with Crippen LogP contribution in [-0.2, 0) is 0 Å². The van der Waals surface area contributed by atoms with Crippen LogP contribution in [-0.4, -0.2) is 20.1 Å². The molecule has 24 heavy (non-hydrogen) atoms. The van der Waals surface area contributed by atoms with Crippen molar-refractivity contribution in [3.05, 3.63) is 72.0 Å². The van der Waals surface area contributed by atoms with E-state index in [1.807, 2.05) is 54.6 Å². The Kier molecular flexibility index (Phi) is 3.59. The second-order valence-corrected chi connectivity index (χ2v) is 5.88. The van der Waals surface area contributed by atoms with Crippen LogP contribution in [0.2, 0.25) is 5.02 Å². The first-order valence-corrected chi connectivity index (χ1v) is 7.87. The minimum atomic E-state index is 0.179. The van der Waals surface area contributed by atoms with Gasteiger partial charge in [0.2, 0.25) is 0 Å². The lowest BCUT2D eigenvalue weighted by atomic mass is 10.1. The Morgan fingerprint density at radius 3 is 2.42 bits per heavy atom. The lowest BCUT2D eigenvalue weighted by Crippen LogP contribution is -1.82. The van der Waals surface area contributed by atoms with Crippen LogP contribution in [0.1, 0.15) is 0 Å². The van der Waals surface area contributed by atoms with Gasteiger partial charge in [0.25, 0.3) is 0 Å². The summed E-state index contributed by atoms with van der Waals surface area (Å²) in [6, 6.07) is 17.2. The predicted molar refractivity (Wildman–Crippen MR) is 95.9 cm³/mol. The summed E-state index contributed by atoms with van der Waals surface area (Å²) in [6.07, 6.45) is 3.52. The number of nitrogens with zero attached hydrogens (tertiary/aromatic N) is 1. The van der Waals surface area contributed by atoms with Crippen LogP contribution in [0.15, 0.2) is 67.0 Å². The minimum Gasteiger partial charge on any atom is -0.505 e. The number of nitrogens with one attached hydrogen (secondary N) is 2. The van der Waals surface area contributed by atoms with Crippen molar-refractivity contribution in [2.45, 2.75) is 0 Å². The van der Waals surface area contributed by atoms with Crippen molar-refractivity contribution >= 4 is 11.6 Å². The number of H-pyrrole nitrogens is 2. The molecule has 0 fully saturated rings. The number of aromatic hydroxyl groups is 1. The second kappa shape index (κ2) is 5.91. The van der Waals surface area contributed by atoms with Gasteiger partial charge in [0.1, 0.15) is 5.69 Å². The molecule has 0 aliphatic carbocycles. The summed E-state index contributed by atoms with van der Waals surface area (Å²) >= 11 is 5.92. The fourth-order valence-corrected chi connectivity index (χ4v) is 2.78. The summed E-state index contributed by atoms with van der Waals surface area (Å²) in [7, 11) is 0. The maximum absolute atomic E-state index is 10.5. The van der Waals surface area contributed by atoms with Crippen molar-refractivity contribution in [1.29, 1.82) is 0 Å². The molecule has 0 bridgehead atoms. The molecular formula is C19H14ClN3O. The van der Waals surface area contributed by atoms with E-state index in [-0.39, 0.29) is 5.75 Å². The van der Waals surface area contributed by atoms with Gasteiger partial charge in [-0.15, -0.1) is 0 Å². The van der Waals surface area contributed by atoms with Crippen molar-refractivity contribution in [2.75, 3.05) is 0 Å². The van der Waals surface area contributed by atoms with E-state index in [1.54, 1.807) is 12.4 Å². The van der Waals surface area contributed by atoms with Gasteiger partial charge >= 0.3 is 0 Å². The summed E-state index contributed by atoms with van der Waals surface area (Å²) < 4.78 is 0. The van der Waals surface area contributed by atoms with E-state index in [0.29, 0.717) is 16.5 Å². The molecule has 0 radical (unpaired) electrons. The summed E-state index contributed by atoms with van der Waals surface area (Å²) in [6.45, 7) is 0.